The van der Waals surface area contributed by atoms with Crippen molar-refractivity contribution in [2.45, 2.75) is 32.2 Å². The van der Waals surface area contributed by atoms with Crippen LogP contribution in [0.2, 0.25) is 5.02 Å². The number of fused-ring (bicyclic) bond motifs is 4. The van der Waals surface area contributed by atoms with E-state index < -0.39 is 0 Å². The Bertz CT molecular complexity index is 1530. The van der Waals surface area contributed by atoms with Crippen molar-refractivity contribution in [2.24, 2.45) is 11.7 Å². The summed E-state index contributed by atoms with van der Waals surface area (Å²) in [6.45, 7) is 4.09. The lowest BCUT2D eigenvalue weighted by molar-refractivity contribution is -0.122. The number of pyridine rings is 1. The molecule has 6 rings (SSSR count). The van der Waals surface area contributed by atoms with E-state index in [1.807, 2.05) is 30.3 Å². The second kappa shape index (κ2) is 9.70. The van der Waals surface area contributed by atoms with Crippen LogP contribution in [0.25, 0.3) is 16.7 Å². The van der Waals surface area contributed by atoms with Crippen LogP contribution in [-0.2, 0) is 24.2 Å². The van der Waals surface area contributed by atoms with Gasteiger partial charge in [0.1, 0.15) is 11.9 Å². The fourth-order valence-corrected chi connectivity index (χ4v) is 6.06. The number of hydrogen-bond donors (Lipinski definition) is 1. The van der Waals surface area contributed by atoms with Crippen molar-refractivity contribution in [3.8, 4) is 6.07 Å². The molecule has 4 heterocycles. The quantitative estimate of drug-likeness (QED) is 0.430. The zero-order valence-corrected chi connectivity index (χ0v) is 21.4. The van der Waals surface area contributed by atoms with Crippen LogP contribution in [0, 0.1) is 17.2 Å². The molecule has 1 saturated heterocycles. The average molecular weight is 513 g/mol. The van der Waals surface area contributed by atoms with Gasteiger partial charge in [-0.05, 0) is 61.1 Å². The zero-order chi connectivity index (χ0) is 25.5. The Morgan fingerprint density at radius 3 is 2.57 bits per heavy atom. The fourth-order valence-electron chi connectivity index (χ4n) is 5.93. The van der Waals surface area contributed by atoms with Crippen LogP contribution in [0.5, 0.6) is 0 Å². The minimum atomic E-state index is -0.215. The molecule has 2 N–H and O–H groups in total. The van der Waals surface area contributed by atoms with Crippen LogP contribution in [0.1, 0.15) is 35.1 Å². The first kappa shape index (κ1) is 23.8. The summed E-state index contributed by atoms with van der Waals surface area (Å²) >= 11 is 6.07. The highest BCUT2D eigenvalue weighted by Crippen LogP contribution is 2.38. The number of amides is 1. The van der Waals surface area contributed by atoms with Gasteiger partial charge in [-0.1, -0.05) is 35.9 Å². The number of hydrogen-bond acceptors (Lipinski definition) is 5. The molecule has 2 aromatic carbocycles. The molecule has 0 unspecified atom stereocenters. The lowest BCUT2D eigenvalue weighted by Crippen LogP contribution is -2.41. The molecule has 37 heavy (non-hydrogen) atoms. The highest BCUT2D eigenvalue weighted by atomic mass is 35.5. The highest BCUT2D eigenvalue weighted by molar-refractivity contribution is 6.30. The summed E-state index contributed by atoms with van der Waals surface area (Å²) in [6, 6.07) is 18.6. The first-order chi connectivity index (χ1) is 18.0. The Kier molecular flexibility index (Phi) is 6.23. The van der Waals surface area contributed by atoms with Gasteiger partial charge in [-0.25, -0.2) is 4.98 Å². The monoisotopic (exact) mass is 512 g/mol. The van der Waals surface area contributed by atoms with Gasteiger partial charge in [0.05, 0.1) is 16.6 Å². The van der Waals surface area contributed by atoms with Gasteiger partial charge in [0.25, 0.3) is 0 Å². The predicted octanol–water partition coefficient (Wildman–Crippen LogP) is 4.32. The van der Waals surface area contributed by atoms with Crippen molar-refractivity contribution in [1.82, 2.24) is 14.3 Å². The van der Waals surface area contributed by atoms with E-state index in [1.54, 1.807) is 0 Å². The molecule has 0 spiro atoms. The summed E-state index contributed by atoms with van der Waals surface area (Å²) in [4.78, 5) is 21.6. The number of carbonyl (C=O) groups excluding carboxylic acids is 1. The first-order valence-corrected chi connectivity index (χ1v) is 13.3. The van der Waals surface area contributed by atoms with Crippen LogP contribution in [-0.4, -0.2) is 46.4 Å². The number of anilines is 1. The highest BCUT2D eigenvalue weighted by Gasteiger charge is 2.32. The van der Waals surface area contributed by atoms with Crippen LogP contribution in [0.15, 0.2) is 48.5 Å². The number of nitrogens with zero attached hydrogens (tertiary/aromatic N) is 5. The molecule has 2 aliphatic rings. The molecule has 2 aliphatic heterocycles. The van der Waals surface area contributed by atoms with Crippen LogP contribution < -0.4 is 10.6 Å². The van der Waals surface area contributed by atoms with E-state index in [0.717, 1.165) is 91.5 Å². The number of halogens is 1. The summed E-state index contributed by atoms with van der Waals surface area (Å²) < 4.78 is 2.18. The smallest absolute Gasteiger partial charge is 0.220 e. The van der Waals surface area contributed by atoms with Crippen LogP contribution in [0.4, 0.5) is 5.82 Å². The Hall–Kier alpha value is -3.60. The average Bonchev–Trinajstić information content (AvgIpc) is 3.30. The van der Waals surface area contributed by atoms with Gasteiger partial charge < -0.3 is 10.6 Å². The number of benzene rings is 2. The van der Waals surface area contributed by atoms with Gasteiger partial charge >= 0.3 is 0 Å². The van der Waals surface area contributed by atoms with Crippen molar-refractivity contribution in [1.29, 1.82) is 5.26 Å². The fraction of sp³-hybridized carbons (Fsp3) is 0.345. The summed E-state index contributed by atoms with van der Waals surface area (Å²) in [5.41, 5.74) is 12.5. The molecule has 7 nitrogen and oxygen atoms in total. The standard InChI is InChI=1S/C29H29ClN6O/c30-21-7-5-19(6-8-21)9-13-34-14-12-22-23(17-31)28-33-25-3-1-2-4-26(25)36(28)29(24(22)18-34)35-15-10-20(11-16-35)27(32)37/h1-8,20H,9-16,18H2,(H2,32,37). The van der Waals surface area contributed by atoms with E-state index in [4.69, 9.17) is 22.3 Å². The molecule has 1 amide bonds. The molecular formula is C29H29ClN6O. The van der Waals surface area contributed by atoms with Gasteiger partial charge in [0, 0.05) is 49.2 Å². The van der Waals surface area contributed by atoms with Crippen molar-refractivity contribution in [2.75, 3.05) is 31.1 Å². The second-order valence-electron chi connectivity index (χ2n) is 10.1. The minimum Gasteiger partial charge on any atom is -0.369 e. The Morgan fingerprint density at radius 2 is 1.84 bits per heavy atom. The number of imidazole rings is 1. The van der Waals surface area contributed by atoms with E-state index in [1.165, 1.54) is 11.1 Å². The SMILES string of the molecule is N#Cc1c2c(c(N3CCC(C(N)=O)CC3)n3c1nc1ccccc13)CN(CCc1ccc(Cl)cc1)CC2. The largest absolute Gasteiger partial charge is 0.369 e. The maximum atomic E-state index is 11.8. The number of piperidine rings is 1. The third-order valence-electron chi connectivity index (χ3n) is 7.93. The molecule has 2 aromatic heterocycles. The van der Waals surface area contributed by atoms with Crippen molar-refractivity contribution in [3.63, 3.8) is 0 Å². The normalized spacial score (nSPS) is 16.7. The second-order valence-corrected chi connectivity index (χ2v) is 10.5. The van der Waals surface area contributed by atoms with Gasteiger partial charge in [-0.2, -0.15) is 5.26 Å². The van der Waals surface area contributed by atoms with Crippen molar-refractivity contribution < 1.29 is 4.79 Å². The van der Waals surface area contributed by atoms with E-state index >= 15 is 0 Å². The maximum absolute atomic E-state index is 11.8. The minimum absolute atomic E-state index is 0.0867. The molecule has 0 atom stereocenters. The zero-order valence-electron chi connectivity index (χ0n) is 20.7. The van der Waals surface area contributed by atoms with Crippen molar-refractivity contribution >= 4 is 40.0 Å². The number of carbonyl (C=O) groups is 1. The van der Waals surface area contributed by atoms with E-state index in [-0.39, 0.29) is 11.8 Å². The summed E-state index contributed by atoms with van der Waals surface area (Å²) in [7, 11) is 0. The van der Waals surface area contributed by atoms with Crippen LogP contribution >= 0.6 is 11.6 Å². The lowest BCUT2D eigenvalue weighted by Gasteiger charge is -2.38. The molecule has 0 aliphatic carbocycles. The third kappa shape index (κ3) is 4.30. The Balaban J connectivity index is 1.43. The number of nitriles is 1. The molecule has 1 fully saturated rings. The molecule has 0 bridgehead atoms. The maximum Gasteiger partial charge on any atom is 0.220 e. The number of nitrogens with two attached hydrogens (primary N) is 1. The molecule has 4 aromatic rings. The summed E-state index contributed by atoms with van der Waals surface area (Å²) in [5, 5.41) is 11.0. The number of primary amides is 1. The van der Waals surface area contributed by atoms with E-state index in [0.29, 0.717) is 5.56 Å². The van der Waals surface area contributed by atoms with E-state index in [2.05, 4.69) is 38.5 Å². The third-order valence-corrected chi connectivity index (χ3v) is 8.18. The van der Waals surface area contributed by atoms with Gasteiger partial charge in [-0.15, -0.1) is 0 Å². The summed E-state index contributed by atoms with van der Waals surface area (Å²) in [5.74, 6) is 0.807. The Morgan fingerprint density at radius 1 is 1.08 bits per heavy atom. The number of para-hydroxylation sites is 2. The molecule has 0 radical (unpaired) electrons. The topological polar surface area (TPSA) is 90.7 Å². The van der Waals surface area contributed by atoms with Gasteiger partial charge in [-0.3, -0.25) is 14.1 Å². The predicted molar refractivity (Wildman–Crippen MR) is 146 cm³/mol. The van der Waals surface area contributed by atoms with Crippen molar-refractivity contribution in [3.05, 3.63) is 75.8 Å². The number of aromatic nitrogens is 2. The molecule has 8 heteroatoms. The molecular weight excluding hydrogens is 484 g/mol. The van der Waals surface area contributed by atoms with Gasteiger partial charge in [0.15, 0.2) is 5.65 Å². The molecule has 0 saturated carbocycles. The Labute approximate surface area is 221 Å². The van der Waals surface area contributed by atoms with E-state index in [9.17, 15) is 10.1 Å². The lowest BCUT2D eigenvalue weighted by atomic mass is 9.92. The molecule has 188 valence electrons. The number of rotatable bonds is 5. The first-order valence-electron chi connectivity index (χ1n) is 12.9. The van der Waals surface area contributed by atoms with Gasteiger partial charge in [0.2, 0.25) is 5.91 Å². The summed E-state index contributed by atoms with van der Waals surface area (Å²) in [6.07, 6.45) is 3.22. The van der Waals surface area contributed by atoms with Crippen LogP contribution in [0.3, 0.4) is 0 Å².